The highest BCUT2D eigenvalue weighted by atomic mass is 35.5. The Kier molecular flexibility index (Phi) is 5.35. The second-order valence-corrected chi connectivity index (χ2v) is 5.45. The Morgan fingerprint density at radius 2 is 1.88 bits per heavy atom. The number of nitrogens with one attached hydrogen (secondary N) is 1. The van der Waals surface area contributed by atoms with Crippen molar-refractivity contribution in [2.24, 2.45) is 0 Å². The molecule has 1 amide bonds. The average Bonchev–Trinajstić information content (AvgIpc) is 2.55. The summed E-state index contributed by atoms with van der Waals surface area (Å²) in [5, 5.41) is 21.3. The first-order chi connectivity index (χ1) is 11.4. The largest absolute Gasteiger partial charge is 0.478 e. The zero-order chi connectivity index (χ0) is 17.7. The summed E-state index contributed by atoms with van der Waals surface area (Å²) in [6.45, 7) is 1.79. The van der Waals surface area contributed by atoms with Crippen LogP contribution in [0.4, 0.5) is 5.69 Å². The van der Waals surface area contributed by atoms with Crippen molar-refractivity contribution in [2.45, 2.75) is 6.92 Å². The van der Waals surface area contributed by atoms with Gasteiger partial charge in [-0.1, -0.05) is 23.7 Å². The van der Waals surface area contributed by atoms with Gasteiger partial charge in [-0.25, -0.2) is 4.79 Å². The van der Waals surface area contributed by atoms with Crippen molar-refractivity contribution in [3.63, 3.8) is 0 Å². The number of carbonyl (C=O) groups excluding carboxylic acids is 1. The number of nitriles is 1. The standard InChI is InChI=1S/C18H13ClN2O3/c1-11-8-15(19)6-7-16(11)21-17(22)14(10-20)9-12-2-4-13(5-3-12)18(23)24/h2-9H,1H3,(H,21,22)(H,23,24)/b14-9+. The maximum absolute atomic E-state index is 12.2. The summed E-state index contributed by atoms with van der Waals surface area (Å²) in [4.78, 5) is 23.0. The molecule has 24 heavy (non-hydrogen) atoms. The third kappa shape index (κ3) is 4.22. The molecule has 0 heterocycles. The molecule has 6 heteroatoms. The lowest BCUT2D eigenvalue weighted by Gasteiger charge is -2.08. The zero-order valence-electron chi connectivity index (χ0n) is 12.7. The van der Waals surface area contributed by atoms with Gasteiger partial charge in [0.15, 0.2) is 0 Å². The van der Waals surface area contributed by atoms with Crippen molar-refractivity contribution in [2.75, 3.05) is 5.32 Å². The van der Waals surface area contributed by atoms with Crippen molar-refractivity contribution in [1.29, 1.82) is 5.26 Å². The third-order valence-electron chi connectivity index (χ3n) is 3.27. The quantitative estimate of drug-likeness (QED) is 0.652. The molecular formula is C18H13ClN2O3. The lowest BCUT2D eigenvalue weighted by atomic mass is 10.1. The van der Waals surface area contributed by atoms with Gasteiger partial charge in [0.25, 0.3) is 5.91 Å². The molecule has 0 spiro atoms. The van der Waals surface area contributed by atoms with Crippen molar-refractivity contribution in [1.82, 2.24) is 0 Å². The van der Waals surface area contributed by atoms with E-state index in [-0.39, 0.29) is 11.1 Å². The smallest absolute Gasteiger partial charge is 0.335 e. The number of nitrogens with zero attached hydrogens (tertiary/aromatic N) is 1. The second-order valence-electron chi connectivity index (χ2n) is 5.01. The van der Waals surface area contributed by atoms with Crippen LogP contribution < -0.4 is 5.32 Å². The molecule has 0 bridgehead atoms. The summed E-state index contributed by atoms with van der Waals surface area (Å²) in [5.74, 6) is -1.59. The summed E-state index contributed by atoms with van der Waals surface area (Å²) < 4.78 is 0. The number of amides is 1. The number of aromatic carboxylic acids is 1. The minimum absolute atomic E-state index is 0.0903. The molecule has 0 unspecified atom stereocenters. The van der Waals surface area contributed by atoms with Gasteiger partial charge in [0, 0.05) is 10.7 Å². The molecule has 0 aromatic heterocycles. The molecule has 0 fully saturated rings. The van der Waals surface area contributed by atoms with E-state index in [1.807, 2.05) is 6.07 Å². The molecule has 0 atom stereocenters. The Bertz CT molecular complexity index is 865. The van der Waals surface area contributed by atoms with Crippen LogP contribution in [0.15, 0.2) is 48.0 Å². The molecule has 0 saturated carbocycles. The van der Waals surface area contributed by atoms with Crippen LogP contribution in [0.25, 0.3) is 6.08 Å². The number of carboxylic acid groups (broad SMARTS) is 1. The van der Waals surface area contributed by atoms with E-state index in [0.717, 1.165) is 5.56 Å². The van der Waals surface area contributed by atoms with Crippen molar-refractivity contribution in [3.05, 3.63) is 69.8 Å². The van der Waals surface area contributed by atoms with E-state index in [9.17, 15) is 14.9 Å². The number of carbonyl (C=O) groups is 2. The Morgan fingerprint density at radius 3 is 2.42 bits per heavy atom. The number of rotatable bonds is 4. The van der Waals surface area contributed by atoms with E-state index in [4.69, 9.17) is 16.7 Å². The third-order valence-corrected chi connectivity index (χ3v) is 3.51. The van der Waals surface area contributed by atoms with E-state index in [0.29, 0.717) is 16.3 Å². The molecule has 120 valence electrons. The van der Waals surface area contributed by atoms with Crippen LogP contribution in [0.5, 0.6) is 0 Å². The van der Waals surface area contributed by atoms with E-state index < -0.39 is 11.9 Å². The van der Waals surface area contributed by atoms with Crippen LogP contribution in [0.1, 0.15) is 21.5 Å². The topological polar surface area (TPSA) is 90.2 Å². The minimum atomic E-state index is -1.04. The monoisotopic (exact) mass is 340 g/mol. The molecule has 2 aromatic carbocycles. The second kappa shape index (κ2) is 7.44. The van der Waals surface area contributed by atoms with Gasteiger partial charge < -0.3 is 10.4 Å². The first-order valence-corrected chi connectivity index (χ1v) is 7.31. The van der Waals surface area contributed by atoms with Crippen LogP contribution in [0, 0.1) is 18.3 Å². The Hall–Kier alpha value is -3.10. The lowest BCUT2D eigenvalue weighted by Crippen LogP contribution is -2.14. The van der Waals surface area contributed by atoms with Gasteiger partial charge in [-0.15, -0.1) is 0 Å². The highest BCUT2D eigenvalue weighted by Gasteiger charge is 2.11. The molecule has 0 radical (unpaired) electrons. The van der Waals surface area contributed by atoms with Gasteiger partial charge in [0.1, 0.15) is 11.6 Å². The van der Waals surface area contributed by atoms with Crippen molar-refractivity contribution < 1.29 is 14.7 Å². The number of benzene rings is 2. The van der Waals surface area contributed by atoms with Crippen molar-refractivity contribution >= 4 is 35.2 Å². The Labute approximate surface area is 143 Å². The number of halogens is 1. The van der Waals surface area contributed by atoms with E-state index >= 15 is 0 Å². The predicted molar refractivity (Wildman–Crippen MR) is 91.8 cm³/mol. The Morgan fingerprint density at radius 1 is 1.21 bits per heavy atom. The molecule has 0 aliphatic carbocycles. The minimum Gasteiger partial charge on any atom is -0.478 e. The fourth-order valence-electron chi connectivity index (χ4n) is 1.99. The summed E-state index contributed by atoms with van der Waals surface area (Å²) in [6.07, 6.45) is 1.40. The molecule has 2 N–H and O–H groups in total. The SMILES string of the molecule is Cc1cc(Cl)ccc1NC(=O)/C(C#N)=C/c1ccc(C(=O)O)cc1. The summed E-state index contributed by atoms with van der Waals surface area (Å²) in [7, 11) is 0. The van der Waals surface area contributed by atoms with E-state index in [2.05, 4.69) is 5.32 Å². The van der Waals surface area contributed by atoms with Gasteiger partial charge in [-0.3, -0.25) is 4.79 Å². The molecule has 5 nitrogen and oxygen atoms in total. The molecule has 0 aliphatic heterocycles. The Balaban J connectivity index is 2.22. The fraction of sp³-hybridized carbons (Fsp3) is 0.0556. The van der Waals surface area contributed by atoms with E-state index in [1.54, 1.807) is 25.1 Å². The van der Waals surface area contributed by atoms with Crippen LogP contribution in [0.3, 0.4) is 0 Å². The summed E-state index contributed by atoms with van der Waals surface area (Å²) in [6, 6.07) is 12.7. The first kappa shape index (κ1) is 17.3. The van der Waals surface area contributed by atoms with Crippen LogP contribution in [-0.4, -0.2) is 17.0 Å². The van der Waals surface area contributed by atoms with E-state index in [1.165, 1.54) is 30.3 Å². The maximum atomic E-state index is 12.2. The fourth-order valence-corrected chi connectivity index (χ4v) is 2.22. The lowest BCUT2D eigenvalue weighted by molar-refractivity contribution is -0.112. The van der Waals surface area contributed by atoms with Gasteiger partial charge in [-0.2, -0.15) is 5.26 Å². The molecule has 0 saturated heterocycles. The molecule has 2 rings (SSSR count). The normalized spacial score (nSPS) is 10.8. The number of anilines is 1. The van der Waals surface area contributed by atoms with Gasteiger partial charge in [0.05, 0.1) is 5.56 Å². The summed E-state index contributed by atoms with van der Waals surface area (Å²) >= 11 is 5.87. The van der Waals surface area contributed by atoms with Crippen molar-refractivity contribution in [3.8, 4) is 6.07 Å². The summed E-state index contributed by atoms with van der Waals surface area (Å²) in [5.41, 5.74) is 1.93. The van der Waals surface area contributed by atoms with Crippen LogP contribution in [-0.2, 0) is 4.79 Å². The van der Waals surface area contributed by atoms with Crippen LogP contribution in [0.2, 0.25) is 5.02 Å². The van der Waals surface area contributed by atoms with Gasteiger partial charge in [-0.05, 0) is 54.5 Å². The highest BCUT2D eigenvalue weighted by molar-refractivity contribution is 6.30. The highest BCUT2D eigenvalue weighted by Crippen LogP contribution is 2.20. The molecule has 0 aliphatic rings. The number of hydrogen-bond acceptors (Lipinski definition) is 3. The number of hydrogen-bond donors (Lipinski definition) is 2. The van der Waals surface area contributed by atoms with Crippen LogP contribution >= 0.6 is 11.6 Å². The number of aryl methyl sites for hydroxylation is 1. The first-order valence-electron chi connectivity index (χ1n) is 6.93. The zero-order valence-corrected chi connectivity index (χ0v) is 13.5. The van der Waals surface area contributed by atoms with Gasteiger partial charge in [0.2, 0.25) is 0 Å². The molecular weight excluding hydrogens is 328 g/mol. The average molecular weight is 341 g/mol. The van der Waals surface area contributed by atoms with Gasteiger partial charge >= 0.3 is 5.97 Å². The molecule has 2 aromatic rings. The predicted octanol–water partition coefficient (Wildman–Crippen LogP) is 3.89. The maximum Gasteiger partial charge on any atom is 0.335 e. The number of carboxylic acids is 1.